The van der Waals surface area contributed by atoms with Crippen molar-refractivity contribution in [1.82, 2.24) is 0 Å². The molecule has 0 aliphatic carbocycles. The van der Waals surface area contributed by atoms with Crippen molar-refractivity contribution < 1.29 is 9.53 Å². The van der Waals surface area contributed by atoms with Gasteiger partial charge in [0.1, 0.15) is 5.75 Å². The molecular formula is C10H11IO2S. The molecule has 4 heteroatoms. The summed E-state index contributed by atoms with van der Waals surface area (Å²) in [5, 5.41) is 0.0969. The standard InChI is InChI=1S/C10H11IO2S/c1-6(14)7-3-8(10(11)12)5-9(4-7)13-2/h3-6,14H,1-2H3. The van der Waals surface area contributed by atoms with Gasteiger partial charge in [-0.3, -0.25) is 4.79 Å². The van der Waals surface area contributed by atoms with E-state index >= 15 is 0 Å². The van der Waals surface area contributed by atoms with Gasteiger partial charge in [-0.2, -0.15) is 12.6 Å². The molecule has 1 rings (SSSR count). The Hall–Kier alpha value is -0.230. The topological polar surface area (TPSA) is 26.3 Å². The fourth-order valence-electron chi connectivity index (χ4n) is 1.09. The summed E-state index contributed by atoms with van der Waals surface area (Å²) < 4.78 is 5.12. The Bertz CT molecular complexity index is 350. The van der Waals surface area contributed by atoms with E-state index in [1.807, 2.05) is 19.1 Å². The van der Waals surface area contributed by atoms with Gasteiger partial charge in [0.2, 0.25) is 3.79 Å². The number of hydrogen-bond donors (Lipinski definition) is 1. The van der Waals surface area contributed by atoms with Crippen LogP contribution in [0.4, 0.5) is 0 Å². The molecule has 1 atom stereocenters. The minimum atomic E-state index is 0.0109. The van der Waals surface area contributed by atoms with E-state index in [1.54, 1.807) is 35.8 Å². The van der Waals surface area contributed by atoms with E-state index in [1.165, 1.54) is 0 Å². The van der Waals surface area contributed by atoms with Crippen molar-refractivity contribution in [3.8, 4) is 5.75 Å². The predicted octanol–water partition coefficient (Wildman–Crippen LogP) is 3.26. The van der Waals surface area contributed by atoms with Gasteiger partial charge in [-0.25, -0.2) is 0 Å². The van der Waals surface area contributed by atoms with E-state index in [0.717, 1.165) is 5.56 Å². The fraction of sp³-hybridized carbons (Fsp3) is 0.300. The van der Waals surface area contributed by atoms with Crippen LogP contribution in [0.5, 0.6) is 5.75 Å². The lowest BCUT2D eigenvalue weighted by atomic mass is 10.1. The van der Waals surface area contributed by atoms with Gasteiger partial charge in [-0.1, -0.05) is 0 Å². The lowest BCUT2D eigenvalue weighted by molar-refractivity contribution is 0.110. The SMILES string of the molecule is COc1cc(C(=O)I)cc(C(C)S)c1. The van der Waals surface area contributed by atoms with E-state index in [9.17, 15) is 4.79 Å². The van der Waals surface area contributed by atoms with Crippen LogP contribution in [0.25, 0.3) is 0 Å². The number of rotatable bonds is 3. The molecule has 0 fully saturated rings. The molecule has 0 saturated carbocycles. The maximum absolute atomic E-state index is 11.2. The molecule has 0 aromatic heterocycles. The first-order chi connectivity index (χ1) is 6.54. The molecule has 1 aromatic carbocycles. The van der Waals surface area contributed by atoms with Crippen molar-refractivity contribution >= 4 is 39.0 Å². The average molecular weight is 322 g/mol. The van der Waals surface area contributed by atoms with E-state index in [0.29, 0.717) is 11.3 Å². The van der Waals surface area contributed by atoms with Gasteiger partial charge in [0.15, 0.2) is 0 Å². The molecule has 1 aromatic rings. The quantitative estimate of drug-likeness (QED) is 0.525. The lowest BCUT2D eigenvalue weighted by Crippen LogP contribution is -1.95. The van der Waals surface area contributed by atoms with Gasteiger partial charge in [-0.15, -0.1) is 0 Å². The normalized spacial score (nSPS) is 12.3. The minimum absolute atomic E-state index is 0.0109. The van der Waals surface area contributed by atoms with E-state index in [4.69, 9.17) is 4.74 Å². The zero-order chi connectivity index (χ0) is 10.7. The summed E-state index contributed by atoms with van der Waals surface area (Å²) in [6.45, 7) is 1.96. The minimum Gasteiger partial charge on any atom is -0.497 e. The Morgan fingerprint density at radius 2 is 2.14 bits per heavy atom. The van der Waals surface area contributed by atoms with Crippen molar-refractivity contribution in [3.63, 3.8) is 0 Å². The van der Waals surface area contributed by atoms with Crippen LogP contribution < -0.4 is 4.74 Å². The monoisotopic (exact) mass is 322 g/mol. The zero-order valence-electron chi connectivity index (χ0n) is 7.95. The van der Waals surface area contributed by atoms with E-state index < -0.39 is 0 Å². The number of carbonyl (C=O) groups excluding carboxylic acids is 1. The second kappa shape index (κ2) is 5.02. The summed E-state index contributed by atoms with van der Waals surface area (Å²) in [5.74, 6) is 0.698. The van der Waals surface area contributed by atoms with Crippen LogP contribution in [0, 0.1) is 0 Å². The molecule has 0 heterocycles. The summed E-state index contributed by atoms with van der Waals surface area (Å²) in [4.78, 5) is 11.2. The second-order valence-corrected chi connectivity index (χ2v) is 4.70. The van der Waals surface area contributed by atoms with Gasteiger partial charge < -0.3 is 4.74 Å². The first-order valence-electron chi connectivity index (χ1n) is 4.11. The van der Waals surface area contributed by atoms with Gasteiger partial charge in [0.05, 0.1) is 7.11 Å². The Morgan fingerprint density at radius 1 is 1.50 bits per heavy atom. The molecule has 14 heavy (non-hydrogen) atoms. The van der Waals surface area contributed by atoms with Crippen molar-refractivity contribution in [2.75, 3.05) is 7.11 Å². The number of thiol groups is 1. The summed E-state index contributed by atoms with van der Waals surface area (Å²) in [6, 6.07) is 5.46. The van der Waals surface area contributed by atoms with Crippen LogP contribution in [0.2, 0.25) is 0 Å². The Balaban J connectivity index is 3.20. The largest absolute Gasteiger partial charge is 0.497 e. The number of methoxy groups -OCH3 is 1. The van der Waals surface area contributed by atoms with Crippen LogP contribution >= 0.6 is 35.2 Å². The third kappa shape index (κ3) is 2.88. The first kappa shape index (κ1) is 11.8. The van der Waals surface area contributed by atoms with Crippen molar-refractivity contribution in [2.24, 2.45) is 0 Å². The number of hydrogen-bond acceptors (Lipinski definition) is 3. The molecule has 0 saturated heterocycles. The van der Waals surface area contributed by atoms with Crippen LogP contribution in [0.15, 0.2) is 18.2 Å². The Labute approximate surface area is 103 Å². The van der Waals surface area contributed by atoms with Crippen molar-refractivity contribution in [2.45, 2.75) is 12.2 Å². The van der Waals surface area contributed by atoms with Crippen LogP contribution in [-0.4, -0.2) is 10.9 Å². The summed E-state index contributed by atoms with van der Waals surface area (Å²) in [6.07, 6.45) is 0. The molecule has 0 aliphatic heterocycles. The highest BCUT2D eigenvalue weighted by Gasteiger charge is 2.08. The molecule has 0 spiro atoms. The highest BCUT2D eigenvalue weighted by molar-refractivity contribution is 14.1. The van der Waals surface area contributed by atoms with Crippen LogP contribution in [0.1, 0.15) is 28.1 Å². The van der Waals surface area contributed by atoms with Crippen molar-refractivity contribution in [3.05, 3.63) is 29.3 Å². The van der Waals surface area contributed by atoms with Gasteiger partial charge in [0, 0.05) is 33.4 Å². The van der Waals surface area contributed by atoms with Gasteiger partial charge in [-0.05, 0) is 30.7 Å². The van der Waals surface area contributed by atoms with Gasteiger partial charge >= 0.3 is 0 Å². The predicted molar refractivity (Wildman–Crippen MR) is 68.7 cm³/mol. The van der Waals surface area contributed by atoms with Crippen molar-refractivity contribution in [1.29, 1.82) is 0 Å². The number of carbonyl (C=O) groups is 1. The number of ether oxygens (including phenoxy) is 1. The molecule has 2 nitrogen and oxygen atoms in total. The van der Waals surface area contributed by atoms with Gasteiger partial charge in [0.25, 0.3) is 0 Å². The summed E-state index contributed by atoms with van der Waals surface area (Å²) in [5.41, 5.74) is 1.65. The molecular weight excluding hydrogens is 311 g/mol. The zero-order valence-corrected chi connectivity index (χ0v) is 11.0. The summed E-state index contributed by atoms with van der Waals surface area (Å²) >= 11 is 6.08. The smallest absolute Gasteiger partial charge is 0.222 e. The van der Waals surface area contributed by atoms with E-state index in [2.05, 4.69) is 12.6 Å². The van der Waals surface area contributed by atoms with Crippen LogP contribution in [-0.2, 0) is 0 Å². The molecule has 0 radical (unpaired) electrons. The summed E-state index contributed by atoms with van der Waals surface area (Å²) in [7, 11) is 1.59. The molecule has 0 aliphatic rings. The van der Waals surface area contributed by atoms with Crippen LogP contribution in [0.3, 0.4) is 0 Å². The Kier molecular flexibility index (Phi) is 4.25. The molecule has 1 unspecified atom stereocenters. The highest BCUT2D eigenvalue weighted by atomic mass is 127. The molecule has 0 N–H and O–H groups in total. The maximum Gasteiger partial charge on any atom is 0.222 e. The Morgan fingerprint density at radius 3 is 2.57 bits per heavy atom. The molecule has 0 bridgehead atoms. The number of benzene rings is 1. The first-order valence-corrected chi connectivity index (χ1v) is 5.71. The number of halogens is 1. The molecule has 76 valence electrons. The van der Waals surface area contributed by atoms with E-state index in [-0.39, 0.29) is 9.04 Å². The third-order valence-corrected chi connectivity index (χ3v) is 2.79. The average Bonchev–Trinajstić information content (AvgIpc) is 2.16. The lowest BCUT2D eigenvalue weighted by Gasteiger charge is -2.08. The molecule has 0 amide bonds. The maximum atomic E-state index is 11.2. The third-order valence-electron chi connectivity index (χ3n) is 1.87. The highest BCUT2D eigenvalue weighted by Crippen LogP contribution is 2.26. The second-order valence-electron chi connectivity index (χ2n) is 2.94. The fourth-order valence-corrected chi connectivity index (χ4v) is 1.56.